The molecule has 1 atom stereocenters. The minimum absolute atomic E-state index is 0.220. The van der Waals surface area contributed by atoms with Gasteiger partial charge in [0.2, 0.25) is 0 Å². The second-order valence-corrected chi connectivity index (χ2v) is 6.68. The zero-order valence-electron chi connectivity index (χ0n) is 13.6. The highest BCUT2D eigenvalue weighted by Gasteiger charge is 2.13. The van der Waals surface area contributed by atoms with Crippen LogP contribution in [0.5, 0.6) is 0 Å². The van der Waals surface area contributed by atoms with Gasteiger partial charge in [0.25, 0.3) is 0 Å². The van der Waals surface area contributed by atoms with Gasteiger partial charge in [0.15, 0.2) is 5.11 Å². The highest BCUT2D eigenvalue weighted by molar-refractivity contribution is 7.80. The van der Waals surface area contributed by atoms with E-state index in [-0.39, 0.29) is 6.04 Å². The Hall–Kier alpha value is -1.87. The van der Waals surface area contributed by atoms with Crippen molar-refractivity contribution in [3.63, 3.8) is 0 Å². The van der Waals surface area contributed by atoms with Crippen molar-refractivity contribution in [1.29, 1.82) is 0 Å². The van der Waals surface area contributed by atoms with Crippen LogP contribution in [0.2, 0.25) is 0 Å². The number of nitrogens with one attached hydrogen (secondary N) is 2. The third-order valence-corrected chi connectivity index (χ3v) is 4.78. The van der Waals surface area contributed by atoms with E-state index in [9.17, 15) is 0 Å². The molecule has 0 amide bonds. The molecule has 3 heteroatoms. The van der Waals surface area contributed by atoms with E-state index in [0.29, 0.717) is 5.11 Å². The molecule has 0 unspecified atom stereocenters. The molecule has 3 rings (SSSR count). The summed E-state index contributed by atoms with van der Waals surface area (Å²) in [5.41, 5.74) is 5.59. The number of aryl methyl sites for hydroxylation is 2. The van der Waals surface area contributed by atoms with Crippen molar-refractivity contribution in [3.8, 4) is 0 Å². The molecule has 1 aliphatic rings. The highest BCUT2D eigenvalue weighted by atomic mass is 32.1. The zero-order chi connectivity index (χ0) is 16.1. The first-order valence-electron chi connectivity index (χ1n) is 8.42. The Morgan fingerprint density at radius 3 is 2.57 bits per heavy atom. The van der Waals surface area contributed by atoms with Crippen LogP contribution in [-0.2, 0) is 19.4 Å². The van der Waals surface area contributed by atoms with Crippen LogP contribution in [0.15, 0.2) is 48.5 Å². The summed E-state index contributed by atoms with van der Waals surface area (Å²) in [5, 5.41) is 7.38. The van der Waals surface area contributed by atoms with Crippen LogP contribution in [0.3, 0.4) is 0 Å². The van der Waals surface area contributed by atoms with Crippen LogP contribution in [0.1, 0.15) is 48.1 Å². The van der Waals surface area contributed by atoms with Crippen molar-refractivity contribution < 1.29 is 0 Å². The second-order valence-electron chi connectivity index (χ2n) is 6.27. The first-order chi connectivity index (χ1) is 11.2. The van der Waals surface area contributed by atoms with E-state index in [0.717, 1.165) is 6.54 Å². The van der Waals surface area contributed by atoms with Gasteiger partial charge in [0.1, 0.15) is 0 Å². The topological polar surface area (TPSA) is 24.1 Å². The minimum atomic E-state index is 0.220. The summed E-state index contributed by atoms with van der Waals surface area (Å²) in [6.45, 7) is 2.92. The molecule has 2 N–H and O–H groups in total. The van der Waals surface area contributed by atoms with E-state index in [4.69, 9.17) is 12.2 Å². The van der Waals surface area contributed by atoms with Crippen molar-refractivity contribution in [2.24, 2.45) is 0 Å². The van der Waals surface area contributed by atoms with Gasteiger partial charge in [-0.1, -0.05) is 48.5 Å². The second kappa shape index (κ2) is 7.60. The summed E-state index contributed by atoms with van der Waals surface area (Å²) in [6, 6.07) is 17.4. The third kappa shape index (κ3) is 4.32. The number of hydrogen-bond donors (Lipinski definition) is 2. The molecule has 0 radical (unpaired) electrons. The van der Waals surface area contributed by atoms with Gasteiger partial charge in [0.05, 0.1) is 6.04 Å². The summed E-state index contributed by atoms with van der Waals surface area (Å²) < 4.78 is 0. The van der Waals surface area contributed by atoms with Crippen LogP contribution >= 0.6 is 12.2 Å². The van der Waals surface area contributed by atoms with E-state index in [1.165, 1.54) is 47.9 Å². The van der Waals surface area contributed by atoms with Crippen LogP contribution in [-0.4, -0.2) is 5.11 Å². The van der Waals surface area contributed by atoms with Gasteiger partial charge in [0, 0.05) is 6.54 Å². The Morgan fingerprint density at radius 2 is 1.78 bits per heavy atom. The van der Waals surface area contributed by atoms with E-state index in [1.807, 2.05) is 18.2 Å². The standard InChI is InChI=1S/C20H24N2S/c1-15(18-12-11-17-9-5-6-10-19(17)13-18)22-20(23)21-14-16-7-3-2-4-8-16/h2-4,7-8,11-13,15H,5-6,9-10,14H2,1H3,(H2,21,22,23)/t15-/m0/s1. The Balaban J connectivity index is 1.56. The lowest BCUT2D eigenvalue weighted by Crippen LogP contribution is -2.36. The number of thiocarbonyl (C=S) groups is 1. The van der Waals surface area contributed by atoms with Gasteiger partial charge in [-0.15, -0.1) is 0 Å². The number of benzene rings is 2. The quantitative estimate of drug-likeness (QED) is 0.820. The summed E-state index contributed by atoms with van der Waals surface area (Å²) in [5.74, 6) is 0. The molecular weight excluding hydrogens is 300 g/mol. The van der Waals surface area contributed by atoms with Gasteiger partial charge < -0.3 is 10.6 Å². The Morgan fingerprint density at radius 1 is 1.04 bits per heavy atom. The average Bonchev–Trinajstić information content (AvgIpc) is 2.60. The lowest BCUT2D eigenvalue weighted by molar-refractivity contribution is 0.670. The van der Waals surface area contributed by atoms with Gasteiger partial charge in [-0.25, -0.2) is 0 Å². The molecule has 0 saturated carbocycles. The minimum Gasteiger partial charge on any atom is -0.359 e. The molecule has 0 heterocycles. The molecule has 0 saturated heterocycles. The molecular formula is C20H24N2S. The molecule has 0 spiro atoms. The molecule has 0 fully saturated rings. The number of fused-ring (bicyclic) bond motifs is 1. The third-order valence-electron chi connectivity index (χ3n) is 4.52. The maximum atomic E-state index is 5.43. The zero-order valence-corrected chi connectivity index (χ0v) is 14.5. The van der Waals surface area contributed by atoms with Gasteiger partial charge in [-0.2, -0.15) is 0 Å². The first kappa shape index (κ1) is 16.0. The summed E-state index contributed by atoms with van der Waals surface area (Å²) >= 11 is 5.43. The maximum absolute atomic E-state index is 5.43. The first-order valence-corrected chi connectivity index (χ1v) is 8.83. The lowest BCUT2D eigenvalue weighted by Gasteiger charge is -2.21. The van der Waals surface area contributed by atoms with Crippen molar-refractivity contribution in [1.82, 2.24) is 10.6 Å². The van der Waals surface area contributed by atoms with Gasteiger partial charge in [-0.3, -0.25) is 0 Å². The fraction of sp³-hybridized carbons (Fsp3) is 0.350. The SMILES string of the molecule is C[C@H](NC(=S)NCc1ccccc1)c1ccc2c(c1)CCCC2. The Labute approximate surface area is 144 Å². The smallest absolute Gasteiger partial charge is 0.167 e. The van der Waals surface area contributed by atoms with Crippen molar-refractivity contribution in [2.45, 2.75) is 45.2 Å². The summed E-state index contributed by atoms with van der Waals surface area (Å²) in [7, 11) is 0. The van der Waals surface area contributed by atoms with Crippen molar-refractivity contribution >= 4 is 17.3 Å². The van der Waals surface area contributed by atoms with E-state index >= 15 is 0 Å². The normalized spacial score (nSPS) is 14.7. The molecule has 2 aromatic carbocycles. The maximum Gasteiger partial charge on any atom is 0.167 e. The number of hydrogen-bond acceptors (Lipinski definition) is 1. The molecule has 23 heavy (non-hydrogen) atoms. The molecule has 0 bridgehead atoms. The predicted octanol–water partition coefficient (Wildman–Crippen LogP) is 4.29. The fourth-order valence-corrected chi connectivity index (χ4v) is 3.38. The molecule has 0 aromatic heterocycles. The van der Waals surface area contributed by atoms with Gasteiger partial charge in [-0.05, 0) is 67.1 Å². The fourth-order valence-electron chi connectivity index (χ4n) is 3.13. The van der Waals surface area contributed by atoms with E-state index in [2.05, 4.69) is 47.9 Å². The monoisotopic (exact) mass is 324 g/mol. The Kier molecular flexibility index (Phi) is 5.29. The van der Waals surface area contributed by atoms with Crippen LogP contribution in [0.25, 0.3) is 0 Å². The summed E-state index contributed by atoms with van der Waals surface area (Å²) in [4.78, 5) is 0. The van der Waals surface area contributed by atoms with Crippen LogP contribution < -0.4 is 10.6 Å². The highest BCUT2D eigenvalue weighted by Crippen LogP contribution is 2.24. The lowest BCUT2D eigenvalue weighted by atomic mass is 9.89. The largest absolute Gasteiger partial charge is 0.359 e. The van der Waals surface area contributed by atoms with Crippen molar-refractivity contribution in [3.05, 3.63) is 70.8 Å². The summed E-state index contributed by atoms with van der Waals surface area (Å²) in [6.07, 6.45) is 5.09. The van der Waals surface area contributed by atoms with Crippen LogP contribution in [0, 0.1) is 0 Å². The molecule has 2 nitrogen and oxygen atoms in total. The van der Waals surface area contributed by atoms with Crippen molar-refractivity contribution in [2.75, 3.05) is 0 Å². The van der Waals surface area contributed by atoms with Crippen LogP contribution in [0.4, 0.5) is 0 Å². The predicted molar refractivity (Wildman–Crippen MR) is 101 cm³/mol. The molecule has 120 valence electrons. The van der Waals surface area contributed by atoms with E-state index < -0.39 is 0 Å². The number of rotatable bonds is 4. The molecule has 0 aliphatic heterocycles. The average molecular weight is 324 g/mol. The Bertz CT molecular complexity index is 667. The molecule has 1 aliphatic carbocycles. The van der Waals surface area contributed by atoms with Gasteiger partial charge >= 0.3 is 0 Å². The van der Waals surface area contributed by atoms with E-state index in [1.54, 1.807) is 0 Å². The molecule has 2 aromatic rings.